The number of aryl methyl sites for hydroxylation is 1. The van der Waals surface area contributed by atoms with Crippen molar-refractivity contribution in [3.05, 3.63) is 11.6 Å². The summed E-state index contributed by atoms with van der Waals surface area (Å²) in [6, 6.07) is 0. The fraction of sp³-hybridized carbons (Fsp3) is 0.700. The third-order valence-corrected chi connectivity index (χ3v) is 2.89. The van der Waals surface area contributed by atoms with E-state index in [-0.39, 0.29) is 5.92 Å². The third-order valence-electron chi connectivity index (χ3n) is 2.89. The van der Waals surface area contributed by atoms with Gasteiger partial charge in [-0.1, -0.05) is 6.92 Å². The zero-order valence-electron chi connectivity index (χ0n) is 9.31. The van der Waals surface area contributed by atoms with E-state index in [1.54, 1.807) is 0 Å². The van der Waals surface area contributed by atoms with Crippen LogP contribution in [0.15, 0.2) is 0 Å². The second-order valence-electron chi connectivity index (χ2n) is 4.11. The number of carboxylic acid groups (broad SMARTS) is 1. The molecule has 0 radical (unpaired) electrons. The van der Waals surface area contributed by atoms with Crippen molar-refractivity contribution in [1.29, 1.82) is 0 Å². The van der Waals surface area contributed by atoms with Crippen LogP contribution in [0.1, 0.15) is 25.0 Å². The lowest BCUT2D eigenvalue weighted by molar-refractivity contribution is -0.141. The van der Waals surface area contributed by atoms with E-state index in [4.69, 9.17) is 5.11 Å². The van der Waals surface area contributed by atoms with Gasteiger partial charge in [0.05, 0.1) is 12.5 Å². The number of carboxylic acids is 1. The van der Waals surface area contributed by atoms with Crippen molar-refractivity contribution in [2.45, 2.75) is 26.3 Å². The summed E-state index contributed by atoms with van der Waals surface area (Å²) < 4.78 is 0. The van der Waals surface area contributed by atoms with Gasteiger partial charge in [0.15, 0.2) is 0 Å². The molecule has 2 rings (SSSR count). The minimum absolute atomic E-state index is 0.228. The first-order valence-corrected chi connectivity index (χ1v) is 5.54. The predicted molar refractivity (Wildman–Crippen MR) is 56.8 cm³/mol. The fourth-order valence-corrected chi connectivity index (χ4v) is 1.95. The molecule has 6 nitrogen and oxygen atoms in total. The van der Waals surface area contributed by atoms with Crippen LogP contribution in [-0.2, 0) is 17.8 Å². The standard InChI is InChI=1S/C10H16N4O2/c1-2-8-11-9(13-12-8)6-14-4-3-7(5-14)10(15)16/h7H,2-6H2,1H3,(H,15,16)(H,11,12,13). The number of H-pyrrole nitrogens is 1. The molecule has 0 bridgehead atoms. The molecule has 2 heterocycles. The summed E-state index contributed by atoms with van der Waals surface area (Å²) in [6.45, 7) is 4.09. The van der Waals surface area contributed by atoms with Crippen molar-refractivity contribution >= 4 is 5.97 Å². The Kier molecular flexibility index (Phi) is 3.19. The lowest BCUT2D eigenvalue weighted by Crippen LogP contribution is -2.23. The number of hydrogen-bond donors (Lipinski definition) is 2. The molecule has 88 valence electrons. The van der Waals surface area contributed by atoms with E-state index in [9.17, 15) is 4.79 Å². The SMILES string of the molecule is CCc1n[nH]c(CN2CCC(C(=O)O)C2)n1. The van der Waals surface area contributed by atoms with Gasteiger partial charge in [0, 0.05) is 13.0 Å². The first-order valence-electron chi connectivity index (χ1n) is 5.54. The molecule has 1 unspecified atom stereocenters. The van der Waals surface area contributed by atoms with Gasteiger partial charge >= 0.3 is 5.97 Å². The third kappa shape index (κ3) is 2.38. The van der Waals surface area contributed by atoms with Crippen LogP contribution in [0.25, 0.3) is 0 Å². The van der Waals surface area contributed by atoms with Crippen LogP contribution in [0.5, 0.6) is 0 Å². The summed E-state index contributed by atoms with van der Waals surface area (Å²) in [5, 5.41) is 15.8. The number of nitrogens with zero attached hydrogens (tertiary/aromatic N) is 3. The Hall–Kier alpha value is -1.43. The molecule has 2 N–H and O–H groups in total. The number of carbonyl (C=O) groups is 1. The van der Waals surface area contributed by atoms with E-state index >= 15 is 0 Å². The summed E-state index contributed by atoms with van der Waals surface area (Å²) in [6.07, 6.45) is 1.54. The van der Waals surface area contributed by atoms with Crippen LogP contribution in [-0.4, -0.2) is 44.2 Å². The number of aromatic amines is 1. The van der Waals surface area contributed by atoms with Crippen LogP contribution in [0.2, 0.25) is 0 Å². The molecular formula is C10H16N4O2. The maximum atomic E-state index is 10.8. The Morgan fingerprint density at radius 2 is 2.50 bits per heavy atom. The summed E-state index contributed by atoms with van der Waals surface area (Å²) in [7, 11) is 0. The second-order valence-corrected chi connectivity index (χ2v) is 4.11. The molecule has 1 atom stereocenters. The largest absolute Gasteiger partial charge is 0.481 e. The van der Waals surface area contributed by atoms with Crippen molar-refractivity contribution in [1.82, 2.24) is 20.1 Å². The predicted octanol–water partition coefficient (Wildman–Crippen LogP) is 0.274. The van der Waals surface area contributed by atoms with Gasteiger partial charge in [-0.3, -0.25) is 14.8 Å². The van der Waals surface area contributed by atoms with E-state index in [2.05, 4.69) is 20.1 Å². The highest BCUT2D eigenvalue weighted by Gasteiger charge is 2.28. The topological polar surface area (TPSA) is 82.1 Å². The molecule has 1 aromatic heterocycles. The average Bonchev–Trinajstić information content (AvgIpc) is 2.87. The van der Waals surface area contributed by atoms with Gasteiger partial charge in [0.25, 0.3) is 0 Å². The lowest BCUT2D eigenvalue weighted by Gasteiger charge is -2.12. The van der Waals surface area contributed by atoms with Gasteiger partial charge in [0.1, 0.15) is 11.6 Å². The molecule has 1 aliphatic rings. The molecule has 6 heteroatoms. The van der Waals surface area contributed by atoms with E-state index in [0.717, 1.165) is 31.0 Å². The lowest BCUT2D eigenvalue weighted by atomic mass is 10.1. The Balaban J connectivity index is 1.89. The number of rotatable bonds is 4. The Bertz CT molecular complexity index is 377. The Morgan fingerprint density at radius 3 is 3.06 bits per heavy atom. The number of aliphatic carboxylic acids is 1. The highest BCUT2D eigenvalue weighted by Crippen LogP contribution is 2.17. The second kappa shape index (κ2) is 4.61. The zero-order valence-corrected chi connectivity index (χ0v) is 9.31. The maximum Gasteiger partial charge on any atom is 0.307 e. The van der Waals surface area contributed by atoms with E-state index in [1.165, 1.54) is 0 Å². The molecule has 1 saturated heterocycles. The summed E-state index contributed by atoms with van der Waals surface area (Å²) in [5.41, 5.74) is 0. The van der Waals surface area contributed by atoms with Gasteiger partial charge in [-0.25, -0.2) is 4.98 Å². The van der Waals surface area contributed by atoms with Gasteiger partial charge in [0.2, 0.25) is 0 Å². The van der Waals surface area contributed by atoms with Crippen molar-refractivity contribution < 1.29 is 9.90 Å². The molecular weight excluding hydrogens is 208 g/mol. The highest BCUT2D eigenvalue weighted by molar-refractivity contribution is 5.70. The van der Waals surface area contributed by atoms with Crippen molar-refractivity contribution in [3.63, 3.8) is 0 Å². The molecule has 1 aromatic rings. The van der Waals surface area contributed by atoms with E-state index < -0.39 is 5.97 Å². The zero-order chi connectivity index (χ0) is 11.5. The molecule has 0 aromatic carbocycles. The monoisotopic (exact) mass is 224 g/mol. The van der Waals surface area contributed by atoms with Gasteiger partial charge in [-0.15, -0.1) is 0 Å². The van der Waals surface area contributed by atoms with E-state index in [0.29, 0.717) is 13.1 Å². The molecule has 1 aliphatic heterocycles. The Morgan fingerprint density at radius 1 is 1.69 bits per heavy atom. The molecule has 0 saturated carbocycles. The normalized spacial score (nSPS) is 21.4. The smallest absolute Gasteiger partial charge is 0.307 e. The number of likely N-dealkylation sites (tertiary alicyclic amines) is 1. The minimum Gasteiger partial charge on any atom is -0.481 e. The van der Waals surface area contributed by atoms with Crippen LogP contribution < -0.4 is 0 Å². The molecule has 16 heavy (non-hydrogen) atoms. The maximum absolute atomic E-state index is 10.8. The van der Waals surface area contributed by atoms with E-state index in [1.807, 2.05) is 6.92 Å². The van der Waals surface area contributed by atoms with Crippen molar-refractivity contribution in [3.8, 4) is 0 Å². The molecule has 1 fully saturated rings. The molecule has 0 aliphatic carbocycles. The molecule has 0 spiro atoms. The first-order chi connectivity index (χ1) is 7.69. The van der Waals surface area contributed by atoms with Crippen LogP contribution in [0.3, 0.4) is 0 Å². The summed E-state index contributed by atoms with van der Waals surface area (Å²) >= 11 is 0. The van der Waals surface area contributed by atoms with Crippen LogP contribution >= 0.6 is 0 Å². The van der Waals surface area contributed by atoms with Crippen LogP contribution in [0, 0.1) is 5.92 Å². The number of nitrogens with one attached hydrogen (secondary N) is 1. The first kappa shape index (κ1) is 11.1. The molecule has 0 amide bonds. The Labute approximate surface area is 93.7 Å². The van der Waals surface area contributed by atoms with Crippen molar-refractivity contribution in [2.75, 3.05) is 13.1 Å². The highest BCUT2D eigenvalue weighted by atomic mass is 16.4. The number of hydrogen-bond acceptors (Lipinski definition) is 4. The summed E-state index contributed by atoms with van der Waals surface area (Å²) in [5.74, 6) is 0.703. The van der Waals surface area contributed by atoms with Gasteiger partial charge in [-0.2, -0.15) is 5.10 Å². The average molecular weight is 224 g/mol. The van der Waals surface area contributed by atoms with Crippen LogP contribution in [0.4, 0.5) is 0 Å². The number of aromatic nitrogens is 3. The van der Waals surface area contributed by atoms with Gasteiger partial charge in [-0.05, 0) is 13.0 Å². The minimum atomic E-state index is -0.700. The quantitative estimate of drug-likeness (QED) is 0.767. The van der Waals surface area contributed by atoms with Crippen molar-refractivity contribution in [2.24, 2.45) is 5.92 Å². The summed E-state index contributed by atoms with van der Waals surface area (Å²) in [4.78, 5) is 17.2. The fourth-order valence-electron chi connectivity index (χ4n) is 1.95. The van der Waals surface area contributed by atoms with Gasteiger partial charge < -0.3 is 5.11 Å².